The Morgan fingerprint density at radius 3 is 2.41 bits per heavy atom. The largest absolute Gasteiger partial charge is 0.459 e. The molecular weight excluding hydrogens is 392 g/mol. The molecule has 2 nitrogen and oxygen atoms in total. The second-order valence-electron chi connectivity index (χ2n) is 13.2. The van der Waals surface area contributed by atoms with Crippen LogP contribution >= 0.6 is 0 Å². The van der Waals surface area contributed by atoms with Crippen LogP contribution in [-0.4, -0.2) is 12.1 Å². The van der Waals surface area contributed by atoms with E-state index in [1.165, 1.54) is 70.3 Å². The summed E-state index contributed by atoms with van der Waals surface area (Å²) in [5, 5.41) is 0. The fraction of sp³-hybridized carbons (Fsp3) is 0.900. The molecule has 0 aromatic heterocycles. The van der Waals surface area contributed by atoms with Gasteiger partial charge in [-0.25, -0.2) is 4.79 Å². The molecule has 182 valence electrons. The zero-order valence-electron chi connectivity index (χ0n) is 21.7. The van der Waals surface area contributed by atoms with Crippen LogP contribution in [0, 0.1) is 52.3 Å². The van der Waals surface area contributed by atoms with Crippen LogP contribution in [0.1, 0.15) is 112 Å². The number of hydrogen-bond donors (Lipinski definition) is 0. The van der Waals surface area contributed by atoms with Crippen LogP contribution < -0.4 is 0 Å². The maximum Gasteiger partial charge on any atom is 0.330 e. The number of hydrogen-bond acceptors (Lipinski definition) is 2. The number of carbonyl (C=O) groups is 1. The first kappa shape index (κ1) is 24.3. The molecule has 4 saturated carbocycles. The molecule has 0 spiro atoms. The quantitative estimate of drug-likeness (QED) is 0.293. The smallest absolute Gasteiger partial charge is 0.330 e. The van der Waals surface area contributed by atoms with Crippen molar-refractivity contribution in [1.82, 2.24) is 0 Å². The molecule has 4 fully saturated rings. The van der Waals surface area contributed by atoms with Crippen molar-refractivity contribution in [2.75, 3.05) is 0 Å². The summed E-state index contributed by atoms with van der Waals surface area (Å²) in [4.78, 5) is 11.8. The lowest BCUT2D eigenvalue weighted by molar-refractivity contribution is -0.158. The normalized spacial score (nSPS) is 44.3. The summed E-state index contributed by atoms with van der Waals surface area (Å²) in [5.74, 6) is 5.96. The van der Waals surface area contributed by atoms with E-state index in [9.17, 15) is 4.79 Å². The van der Waals surface area contributed by atoms with Crippen molar-refractivity contribution < 1.29 is 9.53 Å². The fourth-order valence-corrected chi connectivity index (χ4v) is 9.56. The first-order valence-corrected chi connectivity index (χ1v) is 14.0. The van der Waals surface area contributed by atoms with Gasteiger partial charge in [-0.3, -0.25) is 0 Å². The van der Waals surface area contributed by atoms with E-state index < -0.39 is 0 Å². The Bertz CT molecular complexity index is 682. The molecule has 0 saturated heterocycles. The number of esters is 1. The van der Waals surface area contributed by atoms with E-state index in [1.807, 2.05) is 0 Å². The molecule has 0 heterocycles. The van der Waals surface area contributed by atoms with Crippen molar-refractivity contribution in [3.63, 3.8) is 0 Å². The van der Waals surface area contributed by atoms with Gasteiger partial charge >= 0.3 is 5.97 Å². The van der Waals surface area contributed by atoms with E-state index in [2.05, 4.69) is 41.2 Å². The van der Waals surface area contributed by atoms with Gasteiger partial charge in [0, 0.05) is 6.08 Å². The van der Waals surface area contributed by atoms with Gasteiger partial charge in [-0.2, -0.15) is 0 Å². The Morgan fingerprint density at radius 2 is 1.69 bits per heavy atom. The van der Waals surface area contributed by atoms with Crippen LogP contribution in [0.25, 0.3) is 0 Å². The summed E-state index contributed by atoms with van der Waals surface area (Å²) in [6.07, 6.45) is 17.7. The number of carbonyl (C=O) groups excluding carboxylic acids is 1. The molecule has 0 unspecified atom stereocenters. The molecular formula is C30H50O2. The van der Waals surface area contributed by atoms with Crippen LogP contribution in [-0.2, 0) is 9.53 Å². The van der Waals surface area contributed by atoms with E-state index in [0.717, 1.165) is 54.3 Å². The van der Waals surface area contributed by atoms with Gasteiger partial charge in [0.1, 0.15) is 6.10 Å². The van der Waals surface area contributed by atoms with E-state index >= 15 is 0 Å². The summed E-state index contributed by atoms with van der Waals surface area (Å²) in [7, 11) is 0. The Kier molecular flexibility index (Phi) is 7.19. The zero-order valence-corrected chi connectivity index (χ0v) is 21.7. The third-order valence-corrected chi connectivity index (χ3v) is 11.3. The molecule has 0 bridgehead atoms. The molecule has 0 radical (unpaired) electrons. The lowest BCUT2D eigenvalue weighted by atomic mass is 9.44. The van der Waals surface area contributed by atoms with Crippen molar-refractivity contribution in [2.45, 2.75) is 118 Å². The number of ether oxygens (including phenoxy) is 1. The SMILES string of the molecule is C=CC(=O)O[C@H]1CC[C@@]2(C)[C@@H](CC[C@@H]3[C@@H]2CC[C@]2(C)[C@@H]([C@H](C)CCCC(C)C)CC[C@@H]32)C1. The van der Waals surface area contributed by atoms with E-state index in [-0.39, 0.29) is 12.1 Å². The fourth-order valence-electron chi connectivity index (χ4n) is 9.56. The van der Waals surface area contributed by atoms with Crippen LogP contribution in [0.5, 0.6) is 0 Å². The predicted molar refractivity (Wildman–Crippen MR) is 133 cm³/mol. The van der Waals surface area contributed by atoms with Gasteiger partial charge in [0.25, 0.3) is 0 Å². The molecule has 4 rings (SSSR count). The van der Waals surface area contributed by atoms with E-state index in [1.54, 1.807) is 0 Å². The van der Waals surface area contributed by atoms with Gasteiger partial charge in [0.05, 0.1) is 0 Å². The average Bonchev–Trinajstić information content (AvgIpc) is 3.11. The molecule has 0 aromatic rings. The first-order valence-electron chi connectivity index (χ1n) is 14.0. The van der Waals surface area contributed by atoms with Crippen molar-refractivity contribution >= 4 is 5.97 Å². The molecule has 0 aromatic carbocycles. The Labute approximate surface area is 198 Å². The minimum atomic E-state index is -0.236. The Hall–Kier alpha value is -0.790. The highest BCUT2D eigenvalue weighted by atomic mass is 16.5. The molecule has 4 aliphatic rings. The van der Waals surface area contributed by atoms with Gasteiger partial charge in [0.2, 0.25) is 0 Å². The first-order chi connectivity index (χ1) is 15.2. The topological polar surface area (TPSA) is 26.3 Å². The maximum absolute atomic E-state index is 11.8. The maximum atomic E-state index is 11.8. The summed E-state index contributed by atoms with van der Waals surface area (Å²) < 4.78 is 5.69. The average molecular weight is 443 g/mol. The van der Waals surface area contributed by atoms with Crippen molar-refractivity contribution in [2.24, 2.45) is 52.3 Å². The van der Waals surface area contributed by atoms with Gasteiger partial charge in [-0.05, 0) is 110 Å². The molecule has 0 N–H and O–H groups in total. The Balaban J connectivity index is 1.42. The van der Waals surface area contributed by atoms with Crippen molar-refractivity contribution in [1.29, 1.82) is 0 Å². The number of fused-ring (bicyclic) bond motifs is 5. The second kappa shape index (κ2) is 9.46. The van der Waals surface area contributed by atoms with E-state index in [4.69, 9.17) is 4.74 Å². The third-order valence-electron chi connectivity index (χ3n) is 11.3. The highest BCUT2D eigenvalue weighted by molar-refractivity contribution is 5.81. The monoisotopic (exact) mass is 442 g/mol. The molecule has 2 heteroatoms. The predicted octanol–water partition coefficient (Wildman–Crippen LogP) is 8.21. The molecule has 0 amide bonds. The summed E-state index contributed by atoms with van der Waals surface area (Å²) >= 11 is 0. The standard InChI is InChI=1S/C30H50O2/c1-7-28(31)32-23-15-17-29(5)22(19-23)11-12-24-26-14-13-25(21(4)10-8-9-20(2)3)30(26,6)18-16-27(24)29/h7,20-27H,1,8-19H2,2-6H3/t21-,22+,23+,24+,25-,26+,27+,29+,30-/m1/s1. The van der Waals surface area contributed by atoms with Gasteiger partial charge < -0.3 is 4.74 Å². The van der Waals surface area contributed by atoms with Gasteiger partial charge in [-0.1, -0.05) is 60.5 Å². The Morgan fingerprint density at radius 1 is 0.969 bits per heavy atom. The molecule has 32 heavy (non-hydrogen) atoms. The van der Waals surface area contributed by atoms with Crippen LogP contribution in [0.15, 0.2) is 12.7 Å². The summed E-state index contributed by atoms with van der Waals surface area (Å²) in [6.45, 7) is 16.2. The van der Waals surface area contributed by atoms with Gasteiger partial charge in [-0.15, -0.1) is 0 Å². The molecule has 9 atom stereocenters. The van der Waals surface area contributed by atoms with Crippen LogP contribution in [0.3, 0.4) is 0 Å². The van der Waals surface area contributed by atoms with Gasteiger partial charge in [0.15, 0.2) is 0 Å². The lowest BCUT2D eigenvalue weighted by Gasteiger charge is -2.61. The van der Waals surface area contributed by atoms with E-state index in [0.29, 0.717) is 10.8 Å². The second-order valence-corrected chi connectivity index (χ2v) is 13.2. The van der Waals surface area contributed by atoms with Crippen LogP contribution in [0.2, 0.25) is 0 Å². The molecule has 4 aliphatic carbocycles. The summed E-state index contributed by atoms with van der Waals surface area (Å²) in [6, 6.07) is 0. The number of rotatable bonds is 7. The third kappa shape index (κ3) is 4.34. The van der Waals surface area contributed by atoms with Crippen LogP contribution in [0.4, 0.5) is 0 Å². The minimum absolute atomic E-state index is 0.117. The summed E-state index contributed by atoms with van der Waals surface area (Å²) in [5.41, 5.74) is 1.04. The highest BCUT2D eigenvalue weighted by Crippen LogP contribution is 2.68. The molecule has 0 aliphatic heterocycles. The lowest BCUT2D eigenvalue weighted by Crippen LogP contribution is -2.54. The zero-order chi connectivity index (χ0) is 23.1. The highest BCUT2D eigenvalue weighted by Gasteiger charge is 2.60. The van der Waals surface area contributed by atoms with Crippen molar-refractivity contribution in [3.05, 3.63) is 12.7 Å². The minimum Gasteiger partial charge on any atom is -0.459 e. The van der Waals surface area contributed by atoms with Crippen molar-refractivity contribution in [3.8, 4) is 0 Å².